The molecule has 0 aliphatic heterocycles. The molecule has 27 heavy (non-hydrogen) atoms. The van der Waals surface area contributed by atoms with E-state index in [0.717, 1.165) is 22.7 Å². The molecule has 2 aromatic carbocycles. The number of hydrogen-bond acceptors (Lipinski definition) is 6. The second kappa shape index (κ2) is 7.49. The molecule has 0 aliphatic carbocycles. The Morgan fingerprint density at radius 1 is 1.26 bits per heavy atom. The summed E-state index contributed by atoms with van der Waals surface area (Å²) in [4.78, 5) is 12.0. The standard InChI is InChI=1S/C17H11BrFN5O2S/c18-9-5-6-13(11(19)7-9)20-14(25)8-27-17-24-23-16(26-17)15-10-3-1-2-4-12(10)21-22-15/h1-7H,8H2,(H,20,25)(H,21,22). The Balaban J connectivity index is 1.41. The number of benzene rings is 2. The number of anilines is 1. The molecule has 7 nitrogen and oxygen atoms in total. The molecular weight excluding hydrogens is 437 g/mol. The van der Waals surface area contributed by atoms with Crippen molar-refractivity contribution >= 4 is 50.2 Å². The lowest BCUT2D eigenvalue weighted by Crippen LogP contribution is -2.15. The number of fused-ring (bicyclic) bond motifs is 1. The van der Waals surface area contributed by atoms with Gasteiger partial charge in [0.15, 0.2) is 5.69 Å². The van der Waals surface area contributed by atoms with Gasteiger partial charge in [-0.3, -0.25) is 9.89 Å². The molecule has 10 heteroatoms. The maximum absolute atomic E-state index is 13.8. The zero-order valence-corrected chi connectivity index (χ0v) is 16.0. The number of thioether (sulfide) groups is 1. The number of nitrogens with one attached hydrogen (secondary N) is 2. The van der Waals surface area contributed by atoms with Crippen LogP contribution in [0, 0.1) is 5.82 Å². The Hall–Kier alpha value is -2.72. The second-order valence-corrected chi connectivity index (χ2v) is 7.29. The first kappa shape index (κ1) is 17.7. The minimum atomic E-state index is -0.520. The summed E-state index contributed by atoms with van der Waals surface area (Å²) < 4.78 is 19.9. The molecule has 0 fully saturated rings. The first-order chi connectivity index (χ1) is 13.1. The first-order valence-electron chi connectivity index (χ1n) is 7.75. The molecule has 0 saturated carbocycles. The number of amides is 1. The van der Waals surface area contributed by atoms with Crippen molar-refractivity contribution < 1.29 is 13.6 Å². The molecule has 0 radical (unpaired) electrons. The van der Waals surface area contributed by atoms with Gasteiger partial charge >= 0.3 is 0 Å². The summed E-state index contributed by atoms with van der Waals surface area (Å²) in [5.41, 5.74) is 1.51. The summed E-state index contributed by atoms with van der Waals surface area (Å²) >= 11 is 4.22. The molecule has 1 amide bonds. The number of carbonyl (C=O) groups is 1. The Morgan fingerprint density at radius 3 is 2.96 bits per heavy atom. The van der Waals surface area contributed by atoms with Gasteiger partial charge in [0, 0.05) is 9.86 Å². The molecule has 0 bridgehead atoms. The number of aromatic amines is 1. The molecule has 0 aliphatic rings. The van der Waals surface area contributed by atoms with Gasteiger partial charge in [-0.1, -0.05) is 45.9 Å². The topological polar surface area (TPSA) is 96.7 Å². The lowest BCUT2D eigenvalue weighted by molar-refractivity contribution is -0.113. The van der Waals surface area contributed by atoms with Crippen molar-refractivity contribution in [3.63, 3.8) is 0 Å². The van der Waals surface area contributed by atoms with Gasteiger partial charge in [-0.2, -0.15) is 5.10 Å². The normalized spacial score (nSPS) is 11.0. The summed E-state index contributed by atoms with van der Waals surface area (Å²) in [6.07, 6.45) is 0. The molecule has 136 valence electrons. The number of carbonyl (C=O) groups excluding carboxylic acids is 1. The third kappa shape index (κ3) is 3.86. The third-order valence-electron chi connectivity index (χ3n) is 3.61. The van der Waals surface area contributed by atoms with Crippen LogP contribution in [0.25, 0.3) is 22.5 Å². The van der Waals surface area contributed by atoms with E-state index in [9.17, 15) is 9.18 Å². The van der Waals surface area contributed by atoms with Crippen LogP contribution < -0.4 is 5.32 Å². The van der Waals surface area contributed by atoms with Gasteiger partial charge < -0.3 is 9.73 Å². The zero-order chi connectivity index (χ0) is 18.8. The number of rotatable bonds is 5. The Bertz CT molecular complexity index is 1130. The van der Waals surface area contributed by atoms with E-state index in [0.29, 0.717) is 10.2 Å². The molecule has 4 aromatic rings. The Kier molecular flexibility index (Phi) is 4.90. The van der Waals surface area contributed by atoms with Crippen molar-refractivity contribution in [1.29, 1.82) is 0 Å². The van der Waals surface area contributed by atoms with E-state index in [1.807, 2.05) is 24.3 Å². The van der Waals surface area contributed by atoms with Crippen molar-refractivity contribution in [1.82, 2.24) is 20.4 Å². The van der Waals surface area contributed by atoms with Crippen LogP contribution in [0.3, 0.4) is 0 Å². The monoisotopic (exact) mass is 447 g/mol. The molecule has 0 unspecified atom stereocenters. The Morgan fingerprint density at radius 2 is 2.11 bits per heavy atom. The number of halogens is 2. The fourth-order valence-corrected chi connectivity index (χ4v) is 3.29. The fourth-order valence-electron chi connectivity index (χ4n) is 2.39. The minimum absolute atomic E-state index is 0.00154. The molecule has 0 spiro atoms. The summed E-state index contributed by atoms with van der Waals surface area (Å²) in [7, 11) is 0. The first-order valence-corrected chi connectivity index (χ1v) is 9.53. The van der Waals surface area contributed by atoms with Crippen LogP contribution in [0.4, 0.5) is 10.1 Å². The van der Waals surface area contributed by atoms with E-state index in [-0.39, 0.29) is 28.5 Å². The van der Waals surface area contributed by atoms with Crippen LogP contribution in [-0.2, 0) is 4.79 Å². The lowest BCUT2D eigenvalue weighted by atomic mass is 10.2. The van der Waals surface area contributed by atoms with Crippen LogP contribution in [-0.4, -0.2) is 32.1 Å². The van der Waals surface area contributed by atoms with Crippen molar-refractivity contribution in [3.8, 4) is 11.6 Å². The SMILES string of the molecule is O=C(CSc1nnc(-c2n[nH]c3ccccc23)o1)Nc1ccc(Br)cc1F. The molecule has 0 atom stereocenters. The largest absolute Gasteiger partial charge is 0.409 e. The highest BCUT2D eigenvalue weighted by Crippen LogP contribution is 2.27. The van der Waals surface area contributed by atoms with Gasteiger partial charge in [0.05, 0.1) is 17.0 Å². The summed E-state index contributed by atoms with van der Waals surface area (Å²) in [6.45, 7) is 0. The van der Waals surface area contributed by atoms with Gasteiger partial charge in [0.1, 0.15) is 5.82 Å². The molecule has 4 rings (SSSR count). The molecule has 2 heterocycles. The van der Waals surface area contributed by atoms with Crippen LogP contribution in [0.15, 0.2) is 56.6 Å². The smallest absolute Gasteiger partial charge is 0.277 e. The summed E-state index contributed by atoms with van der Waals surface area (Å²) in [6, 6.07) is 12.0. The van der Waals surface area contributed by atoms with Gasteiger partial charge in [0.25, 0.3) is 11.1 Å². The lowest BCUT2D eigenvalue weighted by Gasteiger charge is -2.05. The van der Waals surface area contributed by atoms with Crippen molar-refractivity contribution in [2.75, 3.05) is 11.1 Å². The summed E-state index contributed by atoms with van der Waals surface area (Å²) in [5.74, 6) is -0.646. The number of nitrogens with zero attached hydrogens (tertiary/aromatic N) is 3. The van der Waals surface area contributed by atoms with E-state index >= 15 is 0 Å². The minimum Gasteiger partial charge on any atom is -0.409 e. The van der Waals surface area contributed by atoms with E-state index < -0.39 is 5.82 Å². The molecule has 2 N–H and O–H groups in total. The summed E-state index contributed by atoms with van der Waals surface area (Å²) in [5, 5.41) is 18.6. The van der Waals surface area contributed by atoms with E-state index in [1.165, 1.54) is 12.1 Å². The Labute approximate surface area is 164 Å². The number of para-hydroxylation sites is 1. The van der Waals surface area contributed by atoms with Gasteiger partial charge in [-0.25, -0.2) is 4.39 Å². The zero-order valence-electron chi connectivity index (χ0n) is 13.6. The number of hydrogen-bond donors (Lipinski definition) is 2. The van der Waals surface area contributed by atoms with Crippen molar-refractivity contribution in [2.45, 2.75) is 5.22 Å². The van der Waals surface area contributed by atoms with Crippen LogP contribution in [0.1, 0.15) is 0 Å². The van der Waals surface area contributed by atoms with Gasteiger partial charge in [-0.15, -0.1) is 10.2 Å². The highest BCUT2D eigenvalue weighted by Gasteiger charge is 2.16. The molecule has 2 aromatic heterocycles. The van der Waals surface area contributed by atoms with Crippen LogP contribution in [0.2, 0.25) is 0 Å². The van der Waals surface area contributed by atoms with E-state index in [2.05, 4.69) is 41.6 Å². The number of H-pyrrole nitrogens is 1. The highest BCUT2D eigenvalue weighted by atomic mass is 79.9. The number of aromatic nitrogens is 4. The third-order valence-corrected chi connectivity index (χ3v) is 4.92. The van der Waals surface area contributed by atoms with Gasteiger partial charge in [-0.05, 0) is 24.3 Å². The predicted octanol–water partition coefficient (Wildman–Crippen LogP) is 4.25. The second-order valence-electron chi connectivity index (χ2n) is 5.45. The maximum Gasteiger partial charge on any atom is 0.277 e. The van der Waals surface area contributed by atoms with Crippen molar-refractivity contribution in [2.24, 2.45) is 0 Å². The maximum atomic E-state index is 13.8. The van der Waals surface area contributed by atoms with Crippen LogP contribution >= 0.6 is 27.7 Å². The molecular formula is C17H11BrFN5O2S. The highest BCUT2D eigenvalue weighted by molar-refractivity contribution is 9.10. The van der Waals surface area contributed by atoms with E-state index in [4.69, 9.17) is 4.42 Å². The quantitative estimate of drug-likeness (QED) is 0.444. The average Bonchev–Trinajstić information content (AvgIpc) is 3.29. The van der Waals surface area contributed by atoms with Gasteiger partial charge in [0.2, 0.25) is 5.91 Å². The molecule has 0 saturated heterocycles. The van der Waals surface area contributed by atoms with Crippen LogP contribution in [0.5, 0.6) is 0 Å². The fraction of sp³-hybridized carbons (Fsp3) is 0.0588. The predicted molar refractivity (Wildman–Crippen MR) is 103 cm³/mol. The van der Waals surface area contributed by atoms with Crippen molar-refractivity contribution in [3.05, 3.63) is 52.8 Å². The average molecular weight is 448 g/mol. The van der Waals surface area contributed by atoms with E-state index in [1.54, 1.807) is 6.07 Å².